The number of anilines is 1. The Kier molecular flexibility index (Phi) is 4.54. The first-order valence-electron chi connectivity index (χ1n) is 8.34. The van der Waals surface area contributed by atoms with Gasteiger partial charge in [-0.15, -0.1) is 0 Å². The molecule has 2 aliphatic rings. The Morgan fingerprint density at radius 2 is 2.13 bits per heavy atom. The maximum atomic E-state index is 12.4. The number of hydrogen-bond donors (Lipinski definition) is 2. The maximum absolute atomic E-state index is 12.4. The molecule has 2 heterocycles. The minimum atomic E-state index is -0.797. The van der Waals surface area contributed by atoms with Crippen molar-refractivity contribution in [1.29, 1.82) is 0 Å². The predicted molar refractivity (Wildman–Crippen MR) is 85.4 cm³/mol. The summed E-state index contributed by atoms with van der Waals surface area (Å²) in [5, 5.41) is 16.3. The molecule has 0 radical (unpaired) electrons. The Hall–Kier alpha value is -2.05. The Morgan fingerprint density at radius 1 is 1.35 bits per heavy atom. The van der Waals surface area contributed by atoms with Gasteiger partial charge in [0.15, 0.2) is 0 Å². The molecule has 1 saturated heterocycles. The van der Waals surface area contributed by atoms with Crippen LogP contribution >= 0.6 is 0 Å². The van der Waals surface area contributed by atoms with E-state index < -0.39 is 5.97 Å². The van der Waals surface area contributed by atoms with E-state index in [4.69, 9.17) is 5.11 Å². The summed E-state index contributed by atoms with van der Waals surface area (Å²) in [5.74, 6) is 0.483. The highest BCUT2D eigenvalue weighted by molar-refractivity contribution is 5.88. The van der Waals surface area contributed by atoms with E-state index in [-0.39, 0.29) is 18.4 Å². The Morgan fingerprint density at radius 3 is 2.78 bits per heavy atom. The molecule has 0 spiro atoms. The molecular weight excluding hydrogens is 296 g/mol. The highest BCUT2D eigenvalue weighted by Gasteiger charge is 2.27. The number of piperidine rings is 1. The van der Waals surface area contributed by atoms with E-state index in [0.717, 1.165) is 18.5 Å². The van der Waals surface area contributed by atoms with Gasteiger partial charge < -0.3 is 10.0 Å². The molecule has 1 aliphatic heterocycles. The third-order valence-corrected chi connectivity index (χ3v) is 4.93. The summed E-state index contributed by atoms with van der Waals surface area (Å²) in [7, 11) is 1.83. The quantitative estimate of drug-likeness (QED) is 0.892. The van der Waals surface area contributed by atoms with Gasteiger partial charge in [-0.05, 0) is 31.6 Å². The van der Waals surface area contributed by atoms with Crippen LogP contribution in [0.3, 0.4) is 0 Å². The second-order valence-corrected chi connectivity index (χ2v) is 6.69. The van der Waals surface area contributed by atoms with Gasteiger partial charge in [-0.1, -0.05) is 6.42 Å². The zero-order valence-electron chi connectivity index (χ0n) is 13.5. The van der Waals surface area contributed by atoms with E-state index in [9.17, 15) is 9.59 Å². The van der Waals surface area contributed by atoms with Crippen molar-refractivity contribution in [1.82, 2.24) is 14.7 Å². The maximum Gasteiger partial charge on any atom is 0.323 e. The van der Waals surface area contributed by atoms with Gasteiger partial charge in [0, 0.05) is 38.5 Å². The van der Waals surface area contributed by atoms with Crippen molar-refractivity contribution in [2.24, 2.45) is 13.0 Å². The number of amides is 2. The fourth-order valence-electron chi connectivity index (χ4n) is 3.36. The lowest BCUT2D eigenvalue weighted by molar-refractivity contribution is -0.138. The first-order valence-corrected chi connectivity index (χ1v) is 8.34. The third kappa shape index (κ3) is 3.65. The van der Waals surface area contributed by atoms with E-state index in [1.54, 1.807) is 9.58 Å². The zero-order chi connectivity index (χ0) is 16.4. The smallest absolute Gasteiger partial charge is 0.323 e. The van der Waals surface area contributed by atoms with E-state index >= 15 is 0 Å². The monoisotopic (exact) mass is 320 g/mol. The average molecular weight is 320 g/mol. The molecule has 1 saturated carbocycles. The van der Waals surface area contributed by atoms with Crippen LogP contribution in [0.5, 0.6) is 0 Å². The van der Waals surface area contributed by atoms with Gasteiger partial charge in [0.05, 0.1) is 5.69 Å². The number of carbonyl (C=O) groups is 2. The van der Waals surface area contributed by atoms with Gasteiger partial charge in [0.2, 0.25) is 0 Å². The van der Waals surface area contributed by atoms with E-state index in [2.05, 4.69) is 10.4 Å². The van der Waals surface area contributed by atoms with Gasteiger partial charge in [-0.3, -0.25) is 14.8 Å². The highest BCUT2D eigenvalue weighted by atomic mass is 16.4. The lowest BCUT2D eigenvalue weighted by Crippen LogP contribution is -2.43. The molecule has 0 aromatic carbocycles. The third-order valence-electron chi connectivity index (χ3n) is 4.93. The van der Waals surface area contributed by atoms with Crippen LogP contribution in [0, 0.1) is 5.92 Å². The fourth-order valence-corrected chi connectivity index (χ4v) is 3.36. The van der Waals surface area contributed by atoms with Crippen molar-refractivity contribution < 1.29 is 14.7 Å². The molecule has 3 rings (SSSR count). The second-order valence-electron chi connectivity index (χ2n) is 6.69. The minimum Gasteiger partial charge on any atom is -0.481 e. The molecule has 1 unspecified atom stereocenters. The van der Waals surface area contributed by atoms with Crippen molar-refractivity contribution >= 4 is 17.8 Å². The Labute approximate surface area is 135 Å². The number of aryl methyl sites for hydroxylation is 1. The van der Waals surface area contributed by atoms with E-state index in [1.807, 2.05) is 13.1 Å². The van der Waals surface area contributed by atoms with Crippen LogP contribution in [0.25, 0.3) is 0 Å². The summed E-state index contributed by atoms with van der Waals surface area (Å²) in [6.45, 7) is 1.18. The number of aromatic nitrogens is 2. The van der Waals surface area contributed by atoms with Crippen LogP contribution in [0.15, 0.2) is 6.07 Å². The van der Waals surface area contributed by atoms with Gasteiger partial charge >= 0.3 is 12.0 Å². The number of carboxylic acids is 1. The normalized spacial score (nSPS) is 21.8. The van der Waals surface area contributed by atoms with E-state index in [1.165, 1.54) is 19.3 Å². The first kappa shape index (κ1) is 15.8. The molecule has 23 heavy (non-hydrogen) atoms. The molecule has 7 heteroatoms. The van der Waals surface area contributed by atoms with Crippen LogP contribution in [0.4, 0.5) is 10.6 Å². The number of nitrogens with zero attached hydrogens (tertiary/aromatic N) is 3. The van der Waals surface area contributed by atoms with Gasteiger partial charge in [0.25, 0.3) is 0 Å². The van der Waals surface area contributed by atoms with Gasteiger partial charge in [-0.25, -0.2) is 4.79 Å². The topological polar surface area (TPSA) is 87.5 Å². The number of hydrogen-bond acceptors (Lipinski definition) is 3. The van der Waals surface area contributed by atoms with Crippen LogP contribution in [-0.2, 0) is 11.8 Å². The zero-order valence-corrected chi connectivity index (χ0v) is 13.5. The van der Waals surface area contributed by atoms with Crippen LogP contribution in [0.1, 0.15) is 50.1 Å². The summed E-state index contributed by atoms with van der Waals surface area (Å²) >= 11 is 0. The SMILES string of the molecule is Cn1nc(C2CCC2)cc1NC(=O)N1CCCC(CC(=O)O)C1. The molecular formula is C16H24N4O3. The molecule has 7 nitrogen and oxygen atoms in total. The number of aliphatic carboxylic acids is 1. The molecule has 2 N–H and O–H groups in total. The molecule has 1 aromatic heterocycles. The largest absolute Gasteiger partial charge is 0.481 e. The summed E-state index contributed by atoms with van der Waals surface area (Å²) in [4.78, 5) is 25.0. The number of rotatable bonds is 4. The van der Waals surface area contributed by atoms with Crippen molar-refractivity contribution in [3.05, 3.63) is 11.8 Å². The fraction of sp³-hybridized carbons (Fsp3) is 0.688. The summed E-state index contributed by atoms with van der Waals surface area (Å²) in [6.07, 6.45) is 5.45. The van der Waals surface area contributed by atoms with Gasteiger partial charge in [-0.2, -0.15) is 5.10 Å². The summed E-state index contributed by atoms with van der Waals surface area (Å²) < 4.78 is 1.71. The van der Waals surface area contributed by atoms with Crippen LogP contribution < -0.4 is 5.32 Å². The second kappa shape index (κ2) is 6.60. The lowest BCUT2D eigenvalue weighted by Gasteiger charge is -2.32. The number of carboxylic acid groups (broad SMARTS) is 1. The predicted octanol–water partition coefficient (Wildman–Crippen LogP) is 2.41. The molecule has 0 bridgehead atoms. The average Bonchev–Trinajstić information content (AvgIpc) is 2.77. The van der Waals surface area contributed by atoms with Crippen LogP contribution in [-0.4, -0.2) is 44.9 Å². The Balaban J connectivity index is 1.60. The summed E-state index contributed by atoms with van der Waals surface area (Å²) in [5.41, 5.74) is 1.05. The molecule has 1 aliphatic carbocycles. The van der Waals surface area contributed by atoms with Crippen molar-refractivity contribution in [3.63, 3.8) is 0 Å². The molecule has 126 valence electrons. The molecule has 2 amide bonds. The Bertz CT molecular complexity index is 594. The molecule has 1 aromatic rings. The summed E-state index contributed by atoms with van der Waals surface area (Å²) in [6, 6.07) is 1.80. The number of carbonyl (C=O) groups excluding carboxylic acids is 1. The van der Waals surface area contributed by atoms with Crippen molar-refractivity contribution in [2.45, 2.75) is 44.4 Å². The minimum absolute atomic E-state index is 0.0454. The van der Waals surface area contributed by atoms with Crippen molar-refractivity contribution in [3.8, 4) is 0 Å². The first-order chi connectivity index (χ1) is 11.0. The molecule has 1 atom stereocenters. The van der Waals surface area contributed by atoms with Crippen LogP contribution in [0.2, 0.25) is 0 Å². The number of nitrogens with one attached hydrogen (secondary N) is 1. The van der Waals surface area contributed by atoms with Crippen molar-refractivity contribution in [2.75, 3.05) is 18.4 Å². The number of likely N-dealkylation sites (tertiary alicyclic amines) is 1. The van der Waals surface area contributed by atoms with Gasteiger partial charge in [0.1, 0.15) is 5.82 Å². The highest BCUT2D eigenvalue weighted by Crippen LogP contribution is 2.36. The standard InChI is InChI=1S/C16H24N4O3/c1-19-14(9-13(18-19)12-5-2-6-12)17-16(23)20-7-3-4-11(10-20)8-15(21)22/h9,11-12H,2-8,10H2,1H3,(H,17,23)(H,21,22). The lowest BCUT2D eigenvalue weighted by atomic mass is 9.83. The molecule has 2 fully saturated rings. The number of urea groups is 1. The van der Waals surface area contributed by atoms with E-state index in [0.29, 0.717) is 24.8 Å².